The monoisotopic (exact) mass is 368 g/mol. The summed E-state index contributed by atoms with van der Waals surface area (Å²) in [5.41, 5.74) is 1.90. The molecule has 0 aliphatic rings. The largest absolute Gasteiger partial charge is 0.361 e. The topological polar surface area (TPSA) is 86.3 Å². The molecule has 2 aromatic rings. The number of H-pyrrole nitrogens is 1. The van der Waals surface area contributed by atoms with Crippen molar-refractivity contribution in [1.29, 1.82) is 0 Å². The number of sulfone groups is 1. The van der Waals surface area contributed by atoms with Crippen molar-refractivity contribution in [2.45, 2.75) is 19.8 Å². The van der Waals surface area contributed by atoms with Crippen LogP contribution in [0.3, 0.4) is 0 Å². The molecule has 0 saturated carbocycles. The molecule has 0 amide bonds. The molecule has 0 spiro atoms. The normalized spacial score (nSPS) is 12.5. The minimum absolute atomic E-state index is 0.141. The molecule has 3 N–H and O–H groups in total. The van der Waals surface area contributed by atoms with Gasteiger partial charge in [0, 0.05) is 43.0 Å². The van der Waals surface area contributed by atoms with Crippen LogP contribution in [0.5, 0.6) is 0 Å². The average Bonchev–Trinajstić information content (AvgIpc) is 2.92. The number of aromatic amines is 1. The second-order valence-corrected chi connectivity index (χ2v) is 8.18. The number of halogens is 1. The van der Waals surface area contributed by atoms with Gasteiger partial charge < -0.3 is 15.6 Å². The number of aliphatic imine (C=N–C) groups is 1. The fourth-order valence-electron chi connectivity index (χ4n) is 2.54. The van der Waals surface area contributed by atoms with Crippen LogP contribution in [0, 0.1) is 5.82 Å². The molecule has 138 valence electrons. The lowest BCUT2D eigenvalue weighted by Crippen LogP contribution is -2.38. The number of nitrogens with zero attached hydrogens (tertiary/aromatic N) is 1. The zero-order chi connectivity index (χ0) is 18.3. The van der Waals surface area contributed by atoms with Crippen molar-refractivity contribution in [3.05, 3.63) is 35.8 Å². The second-order valence-electron chi connectivity index (χ2n) is 5.92. The van der Waals surface area contributed by atoms with E-state index in [1.807, 2.05) is 13.1 Å². The van der Waals surface area contributed by atoms with E-state index in [2.05, 4.69) is 20.6 Å². The van der Waals surface area contributed by atoms with Crippen LogP contribution in [0.15, 0.2) is 29.4 Å². The molecule has 0 fully saturated rings. The van der Waals surface area contributed by atoms with E-state index < -0.39 is 9.84 Å². The van der Waals surface area contributed by atoms with Gasteiger partial charge in [-0.25, -0.2) is 12.8 Å². The van der Waals surface area contributed by atoms with Crippen LogP contribution >= 0.6 is 0 Å². The minimum Gasteiger partial charge on any atom is -0.361 e. The Morgan fingerprint density at radius 3 is 2.84 bits per heavy atom. The van der Waals surface area contributed by atoms with E-state index in [0.29, 0.717) is 25.5 Å². The molecule has 0 saturated heterocycles. The maximum atomic E-state index is 13.2. The van der Waals surface area contributed by atoms with Crippen LogP contribution in [0.1, 0.15) is 18.9 Å². The Balaban J connectivity index is 1.87. The van der Waals surface area contributed by atoms with Gasteiger partial charge in [0.1, 0.15) is 15.7 Å². The summed E-state index contributed by atoms with van der Waals surface area (Å²) in [6, 6.07) is 4.72. The highest BCUT2D eigenvalue weighted by molar-refractivity contribution is 7.90. The predicted molar refractivity (Wildman–Crippen MR) is 100 cm³/mol. The van der Waals surface area contributed by atoms with E-state index >= 15 is 0 Å². The lowest BCUT2D eigenvalue weighted by atomic mass is 10.1. The summed E-state index contributed by atoms with van der Waals surface area (Å²) in [6.45, 7) is 3.82. The van der Waals surface area contributed by atoms with E-state index in [9.17, 15) is 12.8 Å². The maximum Gasteiger partial charge on any atom is 0.191 e. The third-order valence-electron chi connectivity index (χ3n) is 3.70. The molecule has 1 heterocycles. The van der Waals surface area contributed by atoms with Gasteiger partial charge in [0.05, 0.1) is 5.75 Å². The maximum absolute atomic E-state index is 13.2. The summed E-state index contributed by atoms with van der Waals surface area (Å²) >= 11 is 0. The Morgan fingerprint density at radius 2 is 2.12 bits per heavy atom. The Bertz CT molecular complexity index is 830. The van der Waals surface area contributed by atoms with Crippen molar-refractivity contribution in [2.75, 3.05) is 31.6 Å². The van der Waals surface area contributed by atoms with E-state index in [1.54, 1.807) is 6.07 Å². The van der Waals surface area contributed by atoms with Crippen LogP contribution in [0.2, 0.25) is 0 Å². The number of aromatic nitrogens is 1. The van der Waals surface area contributed by atoms with Crippen molar-refractivity contribution < 1.29 is 12.8 Å². The summed E-state index contributed by atoms with van der Waals surface area (Å²) < 4.78 is 35.5. The standard InChI is InChI=1S/C17H25FN4O2S/c1-3-19-17(20-8-4-10-25(2,23)24)21-9-7-13-12-22-16-11-14(18)5-6-15(13)16/h5-6,11-12,22H,3-4,7-10H2,1-2H3,(H2,19,20,21). The zero-order valence-electron chi connectivity index (χ0n) is 14.6. The van der Waals surface area contributed by atoms with Gasteiger partial charge in [0.2, 0.25) is 0 Å². The van der Waals surface area contributed by atoms with Crippen molar-refractivity contribution >= 4 is 26.7 Å². The molecule has 1 aromatic heterocycles. The molecule has 0 bridgehead atoms. The molecule has 25 heavy (non-hydrogen) atoms. The average molecular weight is 368 g/mol. The Labute approximate surface area is 147 Å². The molecule has 1 aromatic carbocycles. The van der Waals surface area contributed by atoms with Crippen LogP contribution in [0.4, 0.5) is 4.39 Å². The lowest BCUT2D eigenvalue weighted by molar-refractivity contribution is 0.599. The highest BCUT2D eigenvalue weighted by Gasteiger charge is 2.05. The van der Waals surface area contributed by atoms with Crippen LogP contribution in [-0.2, 0) is 16.3 Å². The Kier molecular flexibility index (Phi) is 6.81. The minimum atomic E-state index is -2.95. The number of nitrogens with one attached hydrogen (secondary N) is 3. The fourth-order valence-corrected chi connectivity index (χ4v) is 3.19. The van der Waals surface area contributed by atoms with Crippen LogP contribution in [-0.4, -0.2) is 51.0 Å². The van der Waals surface area contributed by atoms with Gasteiger partial charge >= 0.3 is 0 Å². The first-order valence-corrected chi connectivity index (χ1v) is 10.4. The van der Waals surface area contributed by atoms with Gasteiger partial charge in [-0.1, -0.05) is 0 Å². The molecule has 6 nitrogen and oxygen atoms in total. The number of benzene rings is 1. The zero-order valence-corrected chi connectivity index (χ0v) is 15.4. The summed E-state index contributed by atoms with van der Waals surface area (Å²) in [7, 11) is -2.95. The predicted octanol–water partition coefficient (Wildman–Crippen LogP) is 1.84. The van der Waals surface area contributed by atoms with Crippen LogP contribution in [0.25, 0.3) is 10.9 Å². The molecule has 0 unspecified atom stereocenters. The molecule has 0 atom stereocenters. The number of guanidine groups is 1. The number of hydrogen-bond acceptors (Lipinski definition) is 3. The highest BCUT2D eigenvalue weighted by Crippen LogP contribution is 2.19. The van der Waals surface area contributed by atoms with Crippen molar-refractivity contribution in [1.82, 2.24) is 15.6 Å². The fraction of sp³-hybridized carbons (Fsp3) is 0.471. The van der Waals surface area contributed by atoms with Gasteiger partial charge in [-0.2, -0.15) is 0 Å². The van der Waals surface area contributed by atoms with E-state index in [4.69, 9.17) is 0 Å². The van der Waals surface area contributed by atoms with Gasteiger partial charge in [0.25, 0.3) is 0 Å². The molecule has 0 aliphatic carbocycles. The summed E-state index contributed by atoms with van der Waals surface area (Å²) in [5, 5.41) is 7.38. The first-order valence-electron chi connectivity index (χ1n) is 8.34. The highest BCUT2D eigenvalue weighted by atomic mass is 32.2. The van der Waals surface area contributed by atoms with E-state index in [-0.39, 0.29) is 11.6 Å². The quantitative estimate of drug-likeness (QED) is 0.377. The molecule has 2 rings (SSSR count). The van der Waals surface area contributed by atoms with E-state index in [1.165, 1.54) is 18.4 Å². The number of rotatable bonds is 8. The smallest absolute Gasteiger partial charge is 0.191 e. The van der Waals surface area contributed by atoms with Gasteiger partial charge in [-0.05, 0) is 43.5 Å². The van der Waals surface area contributed by atoms with Gasteiger partial charge in [-0.15, -0.1) is 0 Å². The number of hydrogen-bond donors (Lipinski definition) is 3. The van der Waals surface area contributed by atoms with Crippen molar-refractivity contribution in [3.63, 3.8) is 0 Å². The molecule has 0 aliphatic heterocycles. The van der Waals surface area contributed by atoms with Gasteiger partial charge in [0.15, 0.2) is 5.96 Å². The lowest BCUT2D eigenvalue weighted by Gasteiger charge is -2.11. The third kappa shape index (κ3) is 6.38. The first-order chi connectivity index (χ1) is 11.9. The second kappa shape index (κ2) is 8.84. The summed E-state index contributed by atoms with van der Waals surface area (Å²) in [6.07, 6.45) is 4.39. The molecule has 0 radical (unpaired) electrons. The Hall–Kier alpha value is -2.09. The molecule has 8 heteroatoms. The summed E-state index contributed by atoms with van der Waals surface area (Å²) in [5.74, 6) is 0.554. The van der Waals surface area contributed by atoms with Crippen LogP contribution < -0.4 is 10.6 Å². The first kappa shape index (κ1) is 19.2. The van der Waals surface area contributed by atoms with Gasteiger partial charge in [-0.3, -0.25) is 4.99 Å². The van der Waals surface area contributed by atoms with Crippen molar-refractivity contribution in [2.24, 2.45) is 4.99 Å². The van der Waals surface area contributed by atoms with E-state index in [0.717, 1.165) is 29.4 Å². The summed E-state index contributed by atoms with van der Waals surface area (Å²) in [4.78, 5) is 7.46. The SMILES string of the molecule is CCNC(=NCCCS(C)(=O)=O)NCCc1c[nH]c2cc(F)ccc12. The third-order valence-corrected chi connectivity index (χ3v) is 4.73. The van der Waals surface area contributed by atoms with Crippen molar-refractivity contribution in [3.8, 4) is 0 Å². The number of fused-ring (bicyclic) bond motifs is 1. The molecular formula is C17H25FN4O2S. The molecular weight excluding hydrogens is 343 g/mol. The Morgan fingerprint density at radius 1 is 1.32 bits per heavy atom.